The molecule has 3 aromatic rings. The number of halogens is 1. The second kappa shape index (κ2) is 9.63. The number of benzene rings is 3. The van der Waals surface area contributed by atoms with Gasteiger partial charge in [-0.2, -0.15) is 0 Å². The molecular formula is C23H23FO3Se. The number of rotatable bonds is 8. The summed E-state index contributed by atoms with van der Waals surface area (Å²) in [6, 6.07) is 20.9. The summed E-state index contributed by atoms with van der Waals surface area (Å²) in [6.45, 7) is 0. The van der Waals surface area contributed by atoms with E-state index in [1.165, 1.54) is 17.7 Å². The van der Waals surface area contributed by atoms with Gasteiger partial charge in [0, 0.05) is 0 Å². The topological polar surface area (TPSA) is 27.7 Å². The third-order valence-electron chi connectivity index (χ3n) is 4.53. The fraction of sp³-hybridized carbons (Fsp3) is 0.217. The summed E-state index contributed by atoms with van der Waals surface area (Å²) in [6.07, 6.45) is 0. The molecule has 0 saturated heterocycles. The van der Waals surface area contributed by atoms with Gasteiger partial charge in [-0.05, 0) is 0 Å². The van der Waals surface area contributed by atoms with Gasteiger partial charge in [0.05, 0.1) is 0 Å². The van der Waals surface area contributed by atoms with Crippen LogP contribution in [0.25, 0.3) is 0 Å². The Hall–Kier alpha value is -2.49. The molecule has 0 N–H and O–H groups in total. The molecule has 0 fully saturated rings. The molecule has 5 heteroatoms. The molecule has 0 aliphatic rings. The molecule has 28 heavy (non-hydrogen) atoms. The zero-order valence-corrected chi connectivity index (χ0v) is 17.9. The molecule has 0 bridgehead atoms. The van der Waals surface area contributed by atoms with Crippen LogP contribution < -0.4 is 18.7 Å². The van der Waals surface area contributed by atoms with Crippen molar-refractivity contribution in [1.29, 1.82) is 0 Å². The van der Waals surface area contributed by atoms with Crippen molar-refractivity contribution >= 4 is 19.4 Å². The molecule has 0 amide bonds. The van der Waals surface area contributed by atoms with Crippen LogP contribution in [0, 0.1) is 5.82 Å². The monoisotopic (exact) mass is 446 g/mol. The van der Waals surface area contributed by atoms with Gasteiger partial charge in [0.1, 0.15) is 0 Å². The Labute approximate surface area is 171 Å². The average molecular weight is 445 g/mol. The van der Waals surface area contributed by atoms with E-state index in [-0.39, 0.29) is 26.7 Å². The molecule has 0 spiro atoms. The zero-order chi connectivity index (χ0) is 19.9. The molecule has 146 valence electrons. The molecular weight excluding hydrogens is 422 g/mol. The van der Waals surface area contributed by atoms with Crippen molar-refractivity contribution in [3.63, 3.8) is 0 Å². The van der Waals surface area contributed by atoms with Gasteiger partial charge in [-0.15, -0.1) is 0 Å². The van der Waals surface area contributed by atoms with E-state index >= 15 is 0 Å². The van der Waals surface area contributed by atoms with E-state index in [0.717, 1.165) is 26.8 Å². The van der Waals surface area contributed by atoms with E-state index in [2.05, 4.69) is 12.1 Å². The van der Waals surface area contributed by atoms with Crippen LogP contribution >= 0.6 is 0 Å². The first-order valence-corrected chi connectivity index (χ1v) is 11.0. The third-order valence-corrected chi connectivity index (χ3v) is 6.85. The normalized spacial score (nSPS) is 11.7. The molecule has 0 aliphatic carbocycles. The maximum absolute atomic E-state index is 13.2. The van der Waals surface area contributed by atoms with Gasteiger partial charge < -0.3 is 0 Å². The summed E-state index contributed by atoms with van der Waals surface area (Å²) in [5.41, 5.74) is 2.19. The summed E-state index contributed by atoms with van der Waals surface area (Å²) in [5.74, 6) is 2.04. The predicted molar refractivity (Wildman–Crippen MR) is 111 cm³/mol. The zero-order valence-electron chi connectivity index (χ0n) is 16.1. The summed E-state index contributed by atoms with van der Waals surface area (Å²) >= 11 is 0.157. The first-order chi connectivity index (χ1) is 13.7. The fourth-order valence-corrected chi connectivity index (χ4v) is 5.31. The van der Waals surface area contributed by atoms with Crippen LogP contribution in [0.3, 0.4) is 0 Å². The molecule has 0 saturated carbocycles. The summed E-state index contributed by atoms with van der Waals surface area (Å²) in [5, 5.41) is 0.891. The SMILES string of the molecule is COc1cc(OC)c(C(C[Se]c2ccc(F)cc2)c2ccccc2)c(OC)c1. The van der Waals surface area contributed by atoms with E-state index < -0.39 is 0 Å². The molecule has 1 unspecified atom stereocenters. The fourth-order valence-electron chi connectivity index (χ4n) is 3.12. The van der Waals surface area contributed by atoms with E-state index in [1.807, 2.05) is 42.5 Å². The van der Waals surface area contributed by atoms with Crippen LogP contribution in [0.15, 0.2) is 66.7 Å². The van der Waals surface area contributed by atoms with E-state index in [9.17, 15) is 4.39 Å². The Kier molecular flexibility index (Phi) is 6.96. The van der Waals surface area contributed by atoms with Crippen LogP contribution in [0.4, 0.5) is 4.39 Å². The van der Waals surface area contributed by atoms with Gasteiger partial charge in [-0.1, -0.05) is 0 Å². The van der Waals surface area contributed by atoms with Gasteiger partial charge in [-0.3, -0.25) is 0 Å². The molecule has 1 atom stereocenters. The van der Waals surface area contributed by atoms with Gasteiger partial charge in [0.25, 0.3) is 0 Å². The Bertz CT molecular complexity index is 872. The van der Waals surface area contributed by atoms with E-state index in [0.29, 0.717) is 5.75 Å². The van der Waals surface area contributed by atoms with Crippen molar-refractivity contribution in [1.82, 2.24) is 0 Å². The Morgan fingerprint density at radius 3 is 1.96 bits per heavy atom. The standard InChI is InChI=1S/C23H23FO3Se/c1-25-18-13-21(26-2)23(22(14-18)27-3)20(16-7-5-4-6-8-16)15-28-19-11-9-17(24)10-12-19/h4-14,20H,15H2,1-3H3. The van der Waals surface area contributed by atoms with Crippen molar-refractivity contribution in [3.05, 3.63) is 83.7 Å². The number of methoxy groups -OCH3 is 3. The molecule has 0 heterocycles. The Morgan fingerprint density at radius 2 is 1.43 bits per heavy atom. The minimum atomic E-state index is -0.211. The number of ether oxygens (including phenoxy) is 3. The number of hydrogen-bond donors (Lipinski definition) is 0. The summed E-state index contributed by atoms with van der Waals surface area (Å²) in [4.78, 5) is 0. The second-order valence-electron chi connectivity index (χ2n) is 6.17. The average Bonchev–Trinajstić information content (AvgIpc) is 2.75. The van der Waals surface area contributed by atoms with Crippen LogP contribution in [-0.4, -0.2) is 36.3 Å². The molecule has 0 aliphatic heterocycles. The molecule has 0 aromatic heterocycles. The van der Waals surface area contributed by atoms with E-state index in [1.54, 1.807) is 21.3 Å². The first-order valence-electron chi connectivity index (χ1n) is 8.89. The van der Waals surface area contributed by atoms with Gasteiger partial charge in [0.15, 0.2) is 0 Å². The molecule has 3 nitrogen and oxygen atoms in total. The van der Waals surface area contributed by atoms with Crippen LogP contribution in [0.2, 0.25) is 5.32 Å². The Morgan fingerprint density at radius 1 is 0.821 bits per heavy atom. The van der Waals surface area contributed by atoms with Crippen molar-refractivity contribution in [2.75, 3.05) is 21.3 Å². The third kappa shape index (κ3) is 4.67. The van der Waals surface area contributed by atoms with Gasteiger partial charge in [0.2, 0.25) is 0 Å². The molecule has 0 radical (unpaired) electrons. The van der Waals surface area contributed by atoms with Crippen molar-refractivity contribution in [3.8, 4) is 17.2 Å². The predicted octanol–water partition coefficient (Wildman–Crippen LogP) is 4.43. The minimum absolute atomic E-state index is 0.0852. The maximum atomic E-state index is 13.2. The van der Waals surface area contributed by atoms with Crippen molar-refractivity contribution in [2.24, 2.45) is 0 Å². The Balaban J connectivity index is 2.03. The summed E-state index contributed by atoms with van der Waals surface area (Å²) < 4.78 is 31.2. The van der Waals surface area contributed by atoms with Crippen molar-refractivity contribution < 1.29 is 18.6 Å². The second-order valence-corrected chi connectivity index (χ2v) is 8.47. The van der Waals surface area contributed by atoms with Crippen LogP contribution in [0.1, 0.15) is 17.0 Å². The first kappa shape index (κ1) is 20.2. The molecule has 3 rings (SSSR count). The van der Waals surface area contributed by atoms with Crippen molar-refractivity contribution in [2.45, 2.75) is 11.2 Å². The van der Waals surface area contributed by atoms with Gasteiger partial charge in [-0.25, -0.2) is 0 Å². The van der Waals surface area contributed by atoms with Crippen LogP contribution in [-0.2, 0) is 0 Å². The van der Waals surface area contributed by atoms with Crippen LogP contribution in [0.5, 0.6) is 17.2 Å². The molecule has 3 aromatic carbocycles. The quantitative estimate of drug-likeness (QED) is 0.480. The van der Waals surface area contributed by atoms with Gasteiger partial charge >= 0.3 is 172 Å². The summed E-state index contributed by atoms with van der Waals surface area (Å²) in [7, 11) is 4.94. The van der Waals surface area contributed by atoms with E-state index in [4.69, 9.17) is 14.2 Å². The number of hydrogen-bond acceptors (Lipinski definition) is 3.